The number of aromatic nitrogens is 3. The van der Waals surface area contributed by atoms with Gasteiger partial charge in [-0.2, -0.15) is 0 Å². The van der Waals surface area contributed by atoms with E-state index in [4.69, 9.17) is 9.47 Å². The van der Waals surface area contributed by atoms with Crippen molar-refractivity contribution in [3.63, 3.8) is 0 Å². The molecule has 0 unspecified atom stereocenters. The molecule has 0 aliphatic heterocycles. The molecule has 0 saturated heterocycles. The molecule has 0 aliphatic rings. The maximum atomic E-state index is 9.50. The molecule has 0 amide bonds. The van der Waals surface area contributed by atoms with Crippen molar-refractivity contribution in [3.05, 3.63) is 23.9 Å². The van der Waals surface area contributed by atoms with Crippen LogP contribution in [0.3, 0.4) is 0 Å². The van der Waals surface area contributed by atoms with E-state index >= 15 is 0 Å². The molecule has 0 bridgehead atoms. The summed E-state index contributed by atoms with van der Waals surface area (Å²) in [6, 6.07) is 5.58. The molecule has 0 saturated carbocycles. The predicted octanol–water partition coefficient (Wildman–Crippen LogP) is 2.11. The molecule has 0 spiro atoms. The number of nitrogens with zero attached hydrogens (tertiary/aromatic N) is 3. The molecule has 0 atom stereocenters. The van der Waals surface area contributed by atoms with E-state index in [0.717, 1.165) is 17.8 Å². The van der Waals surface area contributed by atoms with Crippen molar-refractivity contribution in [1.82, 2.24) is 15.0 Å². The molecular formula is C15H21N3O3. The lowest BCUT2D eigenvalue weighted by atomic mass is 10.1. The SMILES string of the molecule is COc1cc(OC)cc(-c2c(CO)nnn2CC(C)C)c1. The molecule has 2 aromatic rings. The van der Waals surface area contributed by atoms with Gasteiger partial charge in [0.25, 0.3) is 0 Å². The number of rotatable bonds is 6. The summed E-state index contributed by atoms with van der Waals surface area (Å²) in [6.07, 6.45) is 0. The zero-order valence-electron chi connectivity index (χ0n) is 12.8. The van der Waals surface area contributed by atoms with Crippen LogP contribution in [0.25, 0.3) is 11.3 Å². The Kier molecular flexibility index (Phi) is 4.80. The van der Waals surface area contributed by atoms with Gasteiger partial charge < -0.3 is 14.6 Å². The molecule has 6 nitrogen and oxygen atoms in total. The van der Waals surface area contributed by atoms with E-state index in [1.165, 1.54) is 0 Å². The highest BCUT2D eigenvalue weighted by atomic mass is 16.5. The molecule has 6 heteroatoms. The first-order valence-corrected chi connectivity index (χ1v) is 6.85. The first-order valence-electron chi connectivity index (χ1n) is 6.85. The van der Waals surface area contributed by atoms with E-state index in [1.54, 1.807) is 20.3 Å². The Morgan fingerprint density at radius 3 is 2.24 bits per heavy atom. The van der Waals surface area contributed by atoms with Crippen molar-refractivity contribution in [2.24, 2.45) is 5.92 Å². The number of aliphatic hydroxyl groups excluding tert-OH is 1. The summed E-state index contributed by atoms with van der Waals surface area (Å²) in [5.41, 5.74) is 2.20. The summed E-state index contributed by atoms with van der Waals surface area (Å²) in [4.78, 5) is 0. The second-order valence-electron chi connectivity index (χ2n) is 5.22. The highest BCUT2D eigenvalue weighted by Crippen LogP contribution is 2.31. The van der Waals surface area contributed by atoms with Gasteiger partial charge in [0, 0.05) is 18.2 Å². The van der Waals surface area contributed by atoms with E-state index in [9.17, 15) is 5.11 Å². The number of benzene rings is 1. The third kappa shape index (κ3) is 3.33. The van der Waals surface area contributed by atoms with Crippen molar-refractivity contribution < 1.29 is 14.6 Å². The van der Waals surface area contributed by atoms with E-state index in [2.05, 4.69) is 24.2 Å². The molecule has 21 heavy (non-hydrogen) atoms. The quantitative estimate of drug-likeness (QED) is 0.882. The molecular weight excluding hydrogens is 270 g/mol. The zero-order chi connectivity index (χ0) is 15.4. The van der Waals surface area contributed by atoms with Gasteiger partial charge >= 0.3 is 0 Å². The lowest BCUT2D eigenvalue weighted by Crippen LogP contribution is -2.08. The fraction of sp³-hybridized carbons (Fsp3) is 0.467. The fourth-order valence-electron chi connectivity index (χ4n) is 2.19. The summed E-state index contributed by atoms with van der Waals surface area (Å²) in [5, 5.41) is 17.7. The molecule has 1 aromatic carbocycles. The topological polar surface area (TPSA) is 69.4 Å². The molecule has 114 valence electrons. The van der Waals surface area contributed by atoms with Crippen LogP contribution in [0.15, 0.2) is 18.2 Å². The van der Waals surface area contributed by atoms with Gasteiger partial charge in [0.1, 0.15) is 17.2 Å². The zero-order valence-corrected chi connectivity index (χ0v) is 12.8. The summed E-state index contributed by atoms with van der Waals surface area (Å²) in [6.45, 7) is 4.78. The minimum atomic E-state index is -0.160. The minimum Gasteiger partial charge on any atom is -0.497 e. The maximum absolute atomic E-state index is 9.50. The van der Waals surface area contributed by atoms with E-state index in [-0.39, 0.29) is 6.61 Å². The molecule has 1 heterocycles. The Morgan fingerprint density at radius 1 is 1.14 bits per heavy atom. The normalized spacial score (nSPS) is 11.0. The Hall–Kier alpha value is -2.08. The van der Waals surface area contributed by atoms with Crippen LogP contribution in [-0.4, -0.2) is 34.3 Å². The fourth-order valence-corrected chi connectivity index (χ4v) is 2.19. The van der Waals surface area contributed by atoms with E-state index in [1.807, 2.05) is 16.8 Å². The lowest BCUT2D eigenvalue weighted by molar-refractivity contribution is 0.277. The highest BCUT2D eigenvalue weighted by Gasteiger charge is 2.17. The predicted molar refractivity (Wildman–Crippen MR) is 79.3 cm³/mol. The average Bonchev–Trinajstić information content (AvgIpc) is 2.88. The van der Waals surface area contributed by atoms with Gasteiger partial charge in [-0.05, 0) is 18.1 Å². The monoisotopic (exact) mass is 291 g/mol. The first-order chi connectivity index (χ1) is 10.1. The maximum Gasteiger partial charge on any atom is 0.123 e. The smallest absolute Gasteiger partial charge is 0.123 e. The number of methoxy groups -OCH3 is 2. The second-order valence-corrected chi connectivity index (χ2v) is 5.22. The summed E-state index contributed by atoms with van der Waals surface area (Å²) in [5.74, 6) is 1.79. The Labute approximate surface area is 124 Å². The Bertz CT molecular complexity index is 586. The van der Waals surface area contributed by atoms with Crippen LogP contribution >= 0.6 is 0 Å². The van der Waals surface area contributed by atoms with E-state index in [0.29, 0.717) is 23.1 Å². The van der Waals surface area contributed by atoms with Gasteiger partial charge in [0.05, 0.1) is 26.5 Å². The number of ether oxygens (including phenoxy) is 2. The molecule has 1 aromatic heterocycles. The number of hydrogen-bond donors (Lipinski definition) is 1. The van der Waals surface area contributed by atoms with E-state index < -0.39 is 0 Å². The largest absolute Gasteiger partial charge is 0.497 e. The van der Waals surface area contributed by atoms with Crippen molar-refractivity contribution in [1.29, 1.82) is 0 Å². The van der Waals surface area contributed by atoms with Gasteiger partial charge in [-0.15, -0.1) is 5.10 Å². The third-order valence-corrected chi connectivity index (χ3v) is 3.12. The number of hydrogen-bond acceptors (Lipinski definition) is 5. The molecule has 0 fully saturated rings. The van der Waals surface area contributed by atoms with Crippen molar-refractivity contribution in [2.45, 2.75) is 27.0 Å². The average molecular weight is 291 g/mol. The summed E-state index contributed by atoms with van der Waals surface area (Å²) >= 11 is 0. The standard InChI is InChI=1S/C15H21N3O3/c1-10(2)8-18-15(14(9-19)16-17-18)11-5-12(20-3)7-13(6-11)21-4/h5-7,10,19H,8-9H2,1-4H3. The van der Waals surface area contributed by atoms with Crippen LogP contribution in [0.5, 0.6) is 11.5 Å². The van der Waals surface area contributed by atoms with Crippen LogP contribution in [-0.2, 0) is 13.2 Å². The van der Waals surface area contributed by atoms with Crippen LogP contribution in [0.4, 0.5) is 0 Å². The van der Waals surface area contributed by atoms with Gasteiger partial charge in [0.2, 0.25) is 0 Å². The van der Waals surface area contributed by atoms with Crippen molar-refractivity contribution >= 4 is 0 Å². The number of aliphatic hydroxyl groups is 1. The van der Waals surface area contributed by atoms with Crippen molar-refractivity contribution in [2.75, 3.05) is 14.2 Å². The van der Waals surface area contributed by atoms with Gasteiger partial charge in [-0.25, -0.2) is 4.68 Å². The van der Waals surface area contributed by atoms with Gasteiger partial charge in [-0.1, -0.05) is 19.1 Å². The summed E-state index contributed by atoms with van der Waals surface area (Å²) in [7, 11) is 3.21. The lowest BCUT2D eigenvalue weighted by Gasteiger charge is -2.12. The van der Waals surface area contributed by atoms with Crippen LogP contribution in [0.1, 0.15) is 19.5 Å². The van der Waals surface area contributed by atoms with Gasteiger partial charge in [-0.3, -0.25) is 0 Å². The third-order valence-electron chi connectivity index (χ3n) is 3.12. The van der Waals surface area contributed by atoms with Gasteiger partial charge in [0.15, 0.2) is 0 Å². The minimum absolute atomic E-state index is 0.160. The summed E-state index contributed by atoms with van der Waals surface area (Å²) < 4.78 is 12.4. The van der Waals surface area contributed by atoms with Crippen molar-refractivity contribution in [3.8, 4) is 22.8 Å². The van der Waals surface area contributed by atoms with Crippen LogP contribution in [0.2, 0.25) is 0 Å². The van der Waals surface area contributed by atoms with Crippen LogP contribution < -0.4 is 9.47 Å². The highest BCUT2D eigenvalue weighted by molar-refractivity contribution is 5.66. The second kappa shape index (κ2) is 6.58. The molecule has 1 N–H and O–H groups in total. The Balaban J connectivity index is 2.56. The Morgan fingerprint density at radius 2 is 1.76 bits per heavy atom. The molecule has 0 radical (unpaired) electrons. The molecule has 2 rings (SSSR count). The molecule has 0 aliphatic carbocycles. The van der Waals surface area contributed by atoms with Crippen LogP contribution in [0, 0.1) is 5.92 Å². The first kappa shape index (κ1) is 15.3.